The topological polar surface area (TPSA) is 60.9 Å². The van der Waals surface area contributed by atoms with Gasteiger partial charge in [-0.25, -0.2) is 4.68 Å². The first-order chi connectivity index (χ1) is 8.13. The molecule has 2 aromatic heterocycles. The molecule has 90 valence electrons. The monoisotopic (exact) mass is 249 g/mol. The van der Waals surface area contributed by atoms with Crippen molar-refractivity contribution in [3.63, 3.8) is 0 Å². The second kappa shape index (κ2) is 4.71. The molecule has 0 aliphatic heterocycles. The van der Waals surface area contributed by atoms with Gasteiger partial charge in [-0.2, -0.15) is 5.10 Å². The van der Waals surface area contributed by atoms with Gasteiger partial charge >= 0.3 is 0 Å². The summed E-state index contributed by atoms with van der Waals surface area (Å²) in [6, 6.07) is 3.88. The molecule has 0 saturated heterocycles. The van der Waals surface area contributed by atoms with E-state index in [9.17, 15) is 4.79 Å². The summed E-state index contributed by atoms with van der Waals surface area (Å²) < 4.78 is 1.71. The van der Waals surface area contributed by atoms with Crippen molar-refractivity contribution in [2.45, 2.75) is 20.4 Å². The summed E-state index contributed by atoms with van der Waals surface area (Å²) in [5, 5.41) is 6.39. The number of nitrogens with two attached hydrogens (primary N) is 1. The lowest BCUT2D eigenvalue weighted by molar-refractivity contribution is 0.112. The van der Waals surface area contributed by atoms with Gasteiger partial charge in [0.1, 0.15) is 11.5 Å². The predicted molar refractivity (Wildman–Crippen MR) is 70.2 cm³/mol. The standard InChI is InChI=1S/C12H15N3OS/c1-8(2)6-15-12(13)9(7-16)11(14-15)10-4-3-5-17-10/h3-5,7-8H,6,13H2,1-2H3. The maximum absolute atomic E-state index is 11.1. The number of aromatic nitrogens is 2. The minimum atomic E-state index is 0.438. The Morgan fingerprint density at radius 2 is 2.35 bits per heavy atom. The first-order valence-corrected chi connectivity index (χ1v) is 6.36. The summed E-state index contributed by atoms with van der Waals surface area (Å²) >= 11 is 1.56. The number of nitrogen functional groups attached to an aromatic ring is 1. The number of nitrogens with zero attached hydrogens (tertiary/aromatic N) is 2. The molecule has 0 radical (unpaired) electrons. The van der Waals surface area contributed by atoms with Gasteiger partial charge in [-0.15, -0.1) is 11.3 Å². The molecule has 17 heavy (non-hydrogen) atoms. The van der Waals surface area contributed by atoms with Crippen LogP contribution < -0.4 is 5.73 Å². The zero-order chi connectivity index (χ0) is 12.4. The van der Waals surface area contributed by atoms with Gasteiger partial charge in [0.05, 0.1) is 10.4 Å². The molecule has 4 nitrogen and oxygen atoms in total. The molecule has 0 unspecified atom stereocenters. The Morgan fingerprint density at radius 3 is 2.88 bits per heavy atom. The van der Waals surface area contributed by atoms with E-state index in [1.165, 1.54) is 0 Å². The Labute approximate surface area is 104 Å². The number of thiophene rings is 1. The Morgan fingerprint density at radius 1 is 1.59 bits per heavy atom. The van der Waals surface area contributed by atoms with E-state index in [1.54, 1.807) is 16.0 Å². The minimum Gasteiger partial charge on any atom is -0.383 e. The Balaban J connectivity index is 2.49. The highest BCUT2D eigenvalue weighted by molar-refractivity contribution is 7.13. The van der Waals surface area contributed by atoms with Crippen molar-refractivity contribution in [1.29, 1.82) is 0 Å². The van der Waals surface area contributed by atoms with E-state index in [-0.39, 0.29) is 0 Å². The van der Waals surface area contributed by atoms with E-state index < -0.39 is 0 Å². The van der Waals surface area contributed by atoms with Crippen LogP contribution in [-0.2, 0) is 6.54 Å². The Hall–Kier alpha value is -1.62. The number of aldehydes is 1. The second-order valence-electron chi connectivity index (χ2n) is 4.32. The third kappa shape index (κ3) is 2.24. The fourth-order valence-corrected chi connectivity index (χ4v) is 2.41. The summed E-state index contributed by atoms with van der Waals surface area (Å²) in [4.78, 5) is 12.1. The average Bonchev–Trinajstić information content (AvgIpc) is 2.87. The van der Waals surface area contributed by atoms with Gasteiger partial charge in [0, 0.05) is 6.54 Å². The minimum absolute atomic E-state index is 0.438. The first kappa shape index (κ1) is 11.9. The van der Waals surface area contributed by atoms with E-state index in [4.69, 9.17) is 5.73 Å². The highest BCUT2D eigenvalue weighted by Gasteiger charge is 2.17. The smallest absolute Gasteiger partial charge is 0.156 e. The number of carbonyl (C=O) groups excluding carboxylic acids is 1. The summed E-state index contributed by atoms with van der Waals surface area (Å²) in [5.74, 6) is 0.894. The first-order valence-electron chi connectivity index (χ1n) is 5.48. The molecule has 0 aromatic carbocycles. The molecule has 0 bridgehead atoms. The van der Waals surface area contributed by atoms with Crippen molar-refractivity contribution < 1.29 is 4.79 Å². The highest BCUT2D eigenvalue weighted by Crippen LogP contribution is 2.29. The molecule has 2 rings (SSSR count). The van der Waals surface area contributed by atoms with E-state index in [1.807, 2.05) is 17.5 Å². The largest absolute Gasteiger partial charge is 0.383 e. The zero-order valence-electron chi connectivity index (χ0n) is 9.88. The predicted octanol–water partition coefficient (Wildman–Crippen LogP) is 2.66. The highest BCUT2D eigenvalue weighted by atomic mass is 32.1. The lowest BCUT2D eigenvalue weighted by atomic mass is 10.2. The summed E-state index contributed by atoms with van der Waals surface area (Å²) in [5.41, 5.74) is 7.12. The molecule has 5 heteroatoms. The molecule has 2 N–H and O–H groups in total. The van der Waals surface area contributed by atoms with Crippen molar-refractivity contribution >= 4 is 23.4 Å². The zero-order valence-corrected chi connectivity index (χ0v) is 10.7. The molecule has 0 atom stereocenters. The van der Waals surface area contributed by atoms with Gasteiger partial charge in [0.25, 0.3) is 0 Å². The molecule has 0 amide bonds. The van der Waals surface area contributed by atoms with Crippen LogP contribution in [0, 0.1) is 5.92 Å². The molecular weight excluding hydrogens is 234 g/mol. The number of anilines is 1. The molecule has 2 aromatic rings. The van der Waals surface area contributed by atoms with Crippen molar-refractivity contribution in [2.24, 2.45) is 5.92 Å². The Kier molecular flexibility index (Phi) is 3.28. The van der Waals surface area contributed by atoms with Gasteiger partial charge < -0.3 is 5.73 Å². The summed E-state index contributed by atoms with van der Waals surface area (Å²) in [7, 11) is 0. The second-order valence-corrected chi connectivity index (χ2v) is 5.27. The Bertz CT molecular complexity index is 514. The SMILES string of the molecule is CC(C)Cn1nc(-c2cccs2)c(C=O)c1N. The molecule has 0 aliphatic rings. The van der Waals surface area contributed by atoms with Gasteiger partial charge in [0.2, 0.25) is 0 Å². The quantitative estimate of drug-likeness (QED) is 0.847. The van der Waals surface area contributed by atoms with Crippen LogP contribution >= 0.6 is 11.3 Å². The van der Waals surface area contributed by atoms with Crippen LogP contribution in [0.2, 0.25) is 0 Å². The van der Waals surface area contributed by atoms with Crippen LogP contribution in [0.4, 0.5) is 5.82 Å². The molecule has 0 fully saturated rings. The molecule has 0 aliphatic carbocycles. The van der Waals surface area contributed by atoms with Gasteiger partial charge in [-0.3, -0.25) is 4.79 Å². The molecular formula is C12H15N3OS. The van der Waals surface area contributed by atoms with Crippen molar-refractivity contribution in [2.75, 3.05) is 5.73 Å². The lowest BCUT2D eigenvalue weighted by Gasteiger charge is -2.06. The number of hydrogen-bond donors (Lipinski definition) is 1. The fourth-order valence-electron chi connectivity index (χ4n) is 1.69. The van der Waals surface area contributed by atoms with Crippen molar-refractivity contribution in [3.05, 3.63) is 23.1 Å². The molecule has 2 heterocycles. The van der Waals surface area contributed by atoms with Crippen LogP contribution in [0.3, 0.4) is 0 Å². The van der Waals surface area contributed by atoms with Gasteiger partial charge in [0.15, 0.2) is 6.29 Å². The van der Waals surface area contributed by atoms with Gasteiger partial charge in [-0.1, -0.05) is 19.9 Å². The maximum Gasteiger partial charge on any atom is 0.156 e. The van der Waals surface area contributed by atoms with Crippen LogP contribution in [0.1, 0.15) is 24.2 Å². The number of carbonyl (C=O) groups is 1. The lowest BCUT2D eigenvalue weighted by Crippen LogP contribution is -2.09. The normalized spacial score (nSPS) is 11.0. The summed E-state index contributed by atoms with van der Waals surface area (Å²) in [6.07, 6.45) is 0.786. The van der Waals surface area contributed by atoms with Crippen LogP contribution in [0.15, 0.2) is 17.5 Å². The van der Waals surface area contributed by atoms with Crippen LogP contribution in [-0.4, -0.2) is 16.1 Å². The maximum atomic E-state index is 11.1. The van der Waals surface area contributed by atoms with E-state index in [2.05, 4.69) is 18.9 Å². The third-order valence-corrected chi connectivity index (χ3v) is 3.32. The van der Waals surface area contributed by atoms with Crippen molar-refractivity contribution in [1.82, 2.24) is 9.78 Å². The van der Waals surface area contributed by atoms with E-state index in [0.717, 1.165) is 17.7 Å². The average molecular weight is 249 g/mol. The molecule has 0 saturated carbocycles. The summed E-state index contributed by atoms with van der Waals surface area (Å²) in [6.45, 7) is 4.90. The number of hydrogen-bond acceptors (Lipinski definition) is 4. The third-order valence-electron chi connectivity index (χ3n) is 2.44. The molecule has 0 spiro atoms. The number of rotatable bonds is 4. The fraction of sp³-hybridized carbons (Fsp3) is 0.333. The van der Waals surface area contributed by atoms with E-state index in [0.29, 0.717) is 23.0 Å². The van der Waals surface area contributed by atoms with Crippen molar-refractivity contribution in [3.8, 4) is 10.6 Å². The van der Waals surface area contributed by atoms with Crippen LogP contribution in [0.5, 0.6) is 0 Å². The van der Waals surface area contributed by atoms with E-state index >= 15 is 0 Å². The van der Waals surface area contributed by atoms with Gasteiger partial charge in [-0.05, 0) is 17.4 Å². The van der Waals surface area contributed by atoms with Crippen LogP contribution in [0.25, 0.3) is 10.6 Å².